The fourth-order valence-corrected chi connectivity index (χ4v) is 3.45. The van der Waals surface area contributed by atoms with Gasteiger partial charge in [-0.25, -0.2) is 9.59 Å². The van der Waals surface area contributed by atoms with Crippen molar-refractivity contribution in [2.75, 3.05) is 13.2 Å². The predicted molar refractivity (Wildman–Crippen MR) is 103 cm³/mol. The van der Waals surface area contributed by atoms with Crippen molar-refractivity contribution < 1.29 is 33.4 Å². The Bertz CT molecular complexity index is 699. The zero-order valence-electron chi connectivity index (χ0n) is 17.6. The lowest BCUT2D eigenvalue weighted by atomic mass is 10.1. The molecular weight excluding hydrogens is 380 g/mol. The third-order valence-electron chi connectivity index (χ3n) is 4.81. The summed E-state index contributed by atoms with van der Waals surface area (Å²) < 4.78 is 15.7. The lowest BCUT2D eigenvalue weighted by Crippen LogP contribution is -2.53. The number of rotatable bonds is 6. The van der Waals surface area contributed by atoms with Gasteiger partial charge in [-0.05, 0) is 34.1 Å². The van der Waals surface area contributed by atoms with Gasteiger partial charge in [0.2, 0.25) is 5.91 Å². The normalized spacial score (nSPS) is 28.3. The maximum atomic E-state index is 13.0. The molecule has 2 aliphatic rings. The van der Waals surface area contributed by atoms with Gasteiger partial charge in [-0.15, -0.1) is 6.58 Å². The number of amides is 2. The van der Waals surface area contributed by atoms with Crippen LogP contribution in [0.2, 0.25) is 0 Å². The third-order valence-corrected chi connectivity index (χ3v) is 4.81. The van der Waals surface area contributed by atoms with Crippen LogP contribution in [-0.2, 0) is 28.6 Å². The molecule has 1 heterocycles. The number of hydrogen-bond acceptors (Lipinski definition) is 7. The van der Waals surface area contributed by atoms with Crippen LogP contribution in [0.1, 0.15) is 47.5 Å². The van der Waals surface area contributed by atoms with E-state index in [1.54, 1.807) is 33.8 Å². The van der Waals surface area contributed by atoms with E-state index in [-0.39, 0.29) is 25.5 Å². The Kier molecular flexibility index (Phi) is 6.60. The molecule has 9 nitrogen and oxygen atoms in total. The molecule has 1 saturated heterocycles. The number of nitrogens with one attached hydrogen (secondary N) is 1. The highest BCUT2D eigenvalue weighted by Crippen LogP contribution is 2.45. The quantitative estimate of drug-likeness (QED) is 0.402. The molecule has 1 saturated carbocycles. The average Bonchev–Trinajstić information content (AvgIpc) is 3.14. The smallest absolute Gasteiger partial charge is 0.411 e. The van der Waals surface area contributed by atoms with Gasteiger partial charge in [0.25, 0.3) is 0 Å². The lowest BCUT2D eigenvalue weighted by Gasteiger charge is -2.28. The molecule has 2 fully saturated rings. The minimum Gasteiger partial charge on any atom is -0.464 e. The molecule has 1 N–H and O–H groups in total. The van der Waals surface area contributed by atoms with Crippen molar-refractivity contribution in [2.24, 2.45) is 5.92 Å². The summed E-state index contributed by atoms with van der Waals surface area (Å²) in [6.45, 7) is 12.0. The van der Waals surface area contributed by atoms with E-state index < -0.39 is 47.2 Å². The summed E-state index contributed by atoms with van der Waals surface area (Å²) >= 11 is 0. The van der Waals surface area contributed by atoms with E-state index >= 15 is 0 Å². The summed E-state index contributed by atoms with van der Waals surface area (Å²) in [5.41, 5.74) is -1.93. The zero-order valence-corrected chi connectivity index (χ0v) is 17.6. The SMILES string of the molecule is C=C[C@@H]1C[C@]1(NC(=O)[C@@H]1C[C@@H](OC(C)=O)CN1C(=O)OC(C)(C)C)C(=O)OCC. The second-order valence-electron chi connectivity index (χ2n) is 8.34. The molecule has 0 bridgehead atoms. The number of likely N-dealkylation sites (tertiary alicyclic amines) is 1. The van der Waals surface area contributed by atoms with Crippen molar-refractivity contribution in [3.8, 4) is 0 Å². The molecule has 9 heteroatoms. The lowest BCUT2D eigenvalue weighted by molar-refractivity contribution is -0.149. The fourth-order valence-electron chi connectivity index (χ4n) is 3.45. The van der Waals surface area contributed by atoms with Gasteiger partial charge in [-0.2, -0.15) is 0 Å². The van der Waals surface area contributed by atoms with Crippen molar-refractivity contribution in [1.29, 1.82) is 0 Å². The van der Waals surface area contributed by atoms with Crippen molar-refractivity contribution in [2.45, 2.75) is 70.7 Å². The Balaban J connectivity index is 2.19. The second-order valence-corrected chi connectivity index (χ2v) is 8.34. The molecule has 0 unspecified atom stereocenters. The minimum atomic E-state index is -1.17. The van der Waals surface area contributed by atoms with Gasteiger partial charge in [0.1, 0.15) is 23.3 Å². The Hall–Kier alpha value is -2.58. The van der Waals surface area contributed by atoms with E-state index in [9.17, 15) is 19.2 Å². The third kappa shape index (κ3) is 5.27. The molecule has 0 aromatic carbocycles. The second kappa shape index (κ2) is 8.42. The van der Waals surface area contributed by atoms with Crippen LogP contribution in [0.3, 0.4) is 0 Å². The first kappa shape index (κ1) is 22.7. The number of carbonyl (C=O) groups excluding carboxylic acids is 4. The topological polar surface area (TPSA) is 111 Å². The predicted octanol–water partition coefficient (Wildman–Crippen LogP) is 1.55. The number of hydrogen-bond donors (Lipinski definition) is 1. The summed E-state index contributed by atoms with van der Waals surface area (Å²) in [5, 5.41) is 2.74. The summed E-state index contributed by atoms with van der Waals surface area (Å²) in [5.74, 6) is -1.80. The standard InChI is InChI=1S/C20H30N2O7/c1-7-13-10-20(13,17(25)27-8-2)21-16(24)15-9-14(28-12(3)23)11-22(15)18(26)29-19(4,5)6/h7,13-15H,1,8-11H2,2-6H3,(H,21,24)/t13-,14-,15+,20-/m1/s1. The monoisotopic (exact) mass is 410 g/mol. The summed E-state index contributed by atoms with van der Waals surface area (Å²) in [4.78, 5) is 50.6. The number of carbonyl (C=O) groups is 4. The fraction of sp³-hybridized carbons (Fsp3) is 0.700. The maximum Gasteiger partial charge on any atom is 0.411 e. The molecule has 0 aromatic rings. The van der Waals surface area contributed by atoms with Crippen LogP contribution in [0.15, 0.2) is 12.7 Å². The largest absolute Gasteiger partial charge is 0.464 e. The van der Waals surface area contributed by atoms with Crippen molar-refractivity contribution in [3.05, 3.63) is 12.7 Å². The summed E-state index contributed by atoms with van der Waals surface area (Å²) in [6.07, 6.45) is 0.770. The molecule has 2 rings (SSSR count). The Morgan fingerprint density at radius 1 is 1.28 bits per heavy atom. The number of esters is 2. The first-order valence-corrected chi connectivity index (χ1v) is 9.72. The van der Waals surface area contributed by atoms with Crippen LogP contribution in [0.5, 0.6) is 0 Å². The van der Waals surface area contributed by atoms with Crippen molar-refractivity contribution in [3.63, 3.8) is 0 Å². The summed E-state index contributed by atoms with van der Waals surface area (Å²) in [7, 11) is 0. The van der Waals surface area contributed by atoms with Gasteiger partial charge in [0, 0.05) is 19.3 Å². The first-order chi connectivity index (χ1) is 13.4. The molecule has 0 radical (unpaired) electrons. The molecule has 2 amide bonds. The number of nitrogens with zero attached hydrogens (tertiary/aromatic N) is 1. The molecule has 1 aliphatic carbocycles. The van der Waals surface area contributed by atoms with Gasteiger partial charge >= 0.3 is 18.0 Å². The average molecular weight is 410 g/mol. The van der Waals surface area contributed by atoms with Gasteiger partial charge in [-0.3, -0.25) is 14.5 Å². The van der Waals surface area contributed by atoms with Gasteiger partial charge < -0.3 is 19.5 Å². The van der Waals surface area contributed by atoms with Crippen LogP contribution in [0.4, 0.5) is 4.79 Å². The highest BCUT2D eigenvalue weighted by atomic mass is 16.6. The highest BCUT2D eigenvalue weighted by Gasteiger charge is 2.62. The van der Waals surface area contributed by atoms with Gasteiger partial charge in [0.05, 0.1) is 13.2 Å². The van der Waals surface area contributed by atoms with Crippen molar-refractivity contribution >= 4 is 23.9 Å². The Morgan fingerprint density at radius 2 is 1.93 bits per heavy atom. The van der Waals surface area contributed by atoms with E-state index in [4.69, 9.17) is 14.2 Å². The maximum absolute atomic E-state index is 13.0. The van der Waals surface area contributed by atoms with Crippen LogP contribution in [-0.4, -0.2) is 65.3 Å². The van der Waals surface area contributed by atoms with Crippen molar-refractivity contribution in [1.82, 2.24) is 10.2 Å². The van der Waals surface area contributed by atoms with E-state index in [1.165, 1.54) is 11.8 Å². The molecular formula is C20H30N2O7. The van der Waals surface area contributed by atoms with Gasteiger partial charge in [0.15, 0.2) is 0 Å². The zero-order chi connectivity index (χ0) is 22.0. The van der Waals surface area contributed by atoms with E-state index in [2.05, 4.69) is 11.9 Å². The highest BCUT2D eigenvalue weighted by molar-refractivity contribution is 5.95. The van der Waals surface area contributed by atoms with E-state index in [0.717, 1.165) is 0 Å². The van der Waals surface area contributed by atoms with Gasteiger partial charge in [-0.1, -0.05) is 6.08 Å². The molecule has 0 spiro atoms. The van der Waals surface area contributed by atoms with Crippen LogP contribution >= 0.6 is 0 Å². The summed E-state index contributed by atoms with van der Waals surface area (Å²) in [6, 6.07) is -0.938. The number of ether oxygens (including phenoxy) is 3. The van der Waals surface area contributed by atoms with E-state index in [0.29, 0.717) is 6.42 Å². The minimum absolute atomic E-state index is 0.0316. The van der Waals surface area contributed by atoms with Crippen LogP contribution in [0.25, 0.3) is 0 Å². The molecule has 162 valence electrons. The van der Waals surface area contributed by atoms with E-state index in [1.807, 2.05) is 0 Å². The van der Waals surface area contributed by atoms with Crippen LogP contribution < -0.4 is 5.32 Å². The molecule has 1 aliphatic heterocycles. The first-order valence-electron chi connectivity index (χ1n) is 9.72. The Labute approximate surface area is 170 Å². The van der Waals surface area contributed by atoms with Crippen LogP contribution in [0, 0.1) is 5.92 Å². The molecule has 0 aromatic heterocycles. The molecule has 4 atom stereocenters. The Morgan fingerprint density at radius 3 is 2.41 bits per heavy atom. The molecule has 29 heavy (non-hydrogen) atoms.